The molecule has 1 saturated carbocycles. The van der Waals surface area contributed by atoms with Crippen molar-refractivity contribution in [2.24, 2.45) is 0 Å². The first kappa shape index (κ1) is 30.2. The van der Waals surface area contributed by atoms with Crippen LogP contribution in [0, 0.1) is 12.9 Å². The van der Waals surface area contributed by atoms with Crippen molar-refractivity contribution in [1.29, 1.82) is 0 Å². The molecule has 1 N–H and O–H groups in total. The predicted molar refractivity (Wildman–Crippen MR) is 148 cm³/mol. The van der Waals surface area contributed by atoms with Gasteiger partial charge in [0, 0.05) is 43.1 Å². The summed E-state index contributed by atoms with van der Waals surface area (Å²) in [4.78, 5) is 56.9. The zero-order valence-electron chi connectivity index (χ0n) is 23.6. The molecule has 0 unspecified atom stereocenters. The molecule has 228 valence electrons. The maximum atomic E-state index is 15.0. The maximum Gasteiger partial charge on any atom is 0.331 e. The third-order valence-corrected chi connectivity index (χ3v) is 8.05. The smallest absolute Gasteiger partial charge is 0.331 e. The van der Waals surface area contributed by atoms with Crippen LogP contribution in [0.15, 0.2) is 58.3 Å². The number of hydrogen-bond acceptors (Lipinski definition) is 5. The van der Waals surface area contributed by atoms with Gasteiger partial charge in [-0.25, -0.2) is 22.9 Å². The lowest BCUT2D eigenvalue weighted by Gasteiger charge is -2.35. The van der Waals surface area contributed by atoms with Gasteiger partial charge < -0.3 is 10.2 Å². The molecule has 13 heteroatoms. The van der Waals surface area contributed by atoms with Gasteiger partial charge in [0.15, 0.2) is 0 Å². The largest absolute Gasteiger partial charge is 0.342 e. The molecule has 2 fully saturated rings. The number of aryl methyl sites for hydroxylation is 1. The van der Waals surface area contributed by atoms with Crippen molar-refractivity contribution >= 4 is 11.8 Å². The average molecular weight is 602 g/mol. The summed E-state index contributed by atoms with van der Waals surface area (Å²) in [6.45, 7) is 2.34. The van der Waals surface area contributed by atoms with Gasteiger partial charge in [-0.1, -0.05) is 36.4 Å². The number of hydrogen-bond donors (Lipinski definition) is 1. The molecular formula is C30H31F4N5O4. The summed E-state index contributed by atoms with van der Waals surface area (Å²) in [6, 6.07) is 9.13. The molecule has 1 aromatic carbocycles. The lowest BCUT2D eigenvalue weighted by molar-refractivity contribution is -0.139. The van der Waals surface area contributed by atoms with Gasteiger partial charge in [-0.3, -0.25) is 23.5 Å². The number of pyridine rings is 1. The second-order valence-electron chi connectivity index (χ2n) is 11.1. The fourth-order valence-electron chi connectivity index (χ4n) is 5.75. The summed E-state index contributed by atoms with van der Waals surface area (Å²) >= 11 is 0. The molecule has 2 amide bonds. The van der Waals surface area contributed by atoms with Crippen LogP contribution < -0.4 is 16.6 Å². The highest BCUT2D eigenvalue weighted by Crippen LogP contribution is 2.48. The summed E-state index contributed by atoms with van der Waals surface area (Å²) in [6.07, 6.45) is -1.48. The molecule has 0 radical (unpaired) electrons. The van der Waals surface area contributed by atoms with Crippen molar-refractivity contribution in [3.8, 4) is 0 Å². The summed E-state index contributed by atoms with van der Waals surface area (Å²) in [5.74, 6) is -5.81. The number of rotatable bonds is 8. The normalized spacial score (nSPS) is 20.5. The minimum absolute atomic E-state index is 0.0699. The monoisotopic (exact) mass is 601 g/mol. The van der Waals surface area contributed by atoms with Gasteiger partial charge in [0.05, 0.1) is 18.3 Å². The van der Waals surface area contributed by atoms with E-state index in [0.29, 0.717) is 5.56 Å². The average Bonchev–Trinajstić information content (AvgIpc) is 3.36. The van der Waals surface area contributed by atoms with E-state index in [1.807, 2.05) is 0 Å². The van der Waals surface area contributed by atoms with Crippen LogP contribution in [-0.2, 0) is 22.7 Å². The van der Waals surface area contributed by atoms with E-state index in [1.165, 1.54) is 25.3 Å². The topological polar surface area (TPSA) is 106 Å². The number of carbonyl (C=O) groups excluding carboxylic acids is 2. The van der Waals surface area contributed by atoms with E-state index in [9.17, 15) is 32.3 Å². The van der Waals surface area contributed by atoms with E-state index in [2.05, 4.69) is 10.3 Å². The Labute approximate surface area is 244 Å². The lowest BCUT2D eigenvalue weighted by atomic mass is 9.77. The summed E-state index contributed by atoms with van der Waals surface area (Å²) in [5, 5.41) is 2.76. The standard InChI is InChI=1S/C30H31F4N5O4/c1-3-38-28(42)17(2)14-37(29(38)43)16-24(40)39-15-20(31)11-23(39)27(41)36-25(18-7-5-4-6-8-18)22-10-9-21(26(32)35-22)19-12-30(33,34)13-19/h4-10,14,19-20,23,25H,3,11-13,15-16H2,1-2H3,(H,36,41)/t20-,23+,25-/m1/s1. The molecule has 3 aromatic rings. The summed E-state index contributed by atoms with van der Waals surface area (Å²) < 4.78 is 58.5. The lowest BCUT2D eigenvalue weighted by Crippen LogP contribution is -2.49. The molecule has 0 bridgehead atoms. The highest BCUT2D eigenvalue weighted by atomic mass is 19.3. The first-order chi connectivity index (χ1) is 20.4. The van der Waals surface area contributed by atoms with Gasteiger partial charge in [0.2, 0.25) is 23.7 Å². The first-order valence-electron chi connectivity index (χ1n) is 14.0. The molecular weight excluding hydrogens is 570 g/mol. The van der Waals surface area contributed by atoms with Crippen LogP contribution in [0.4, 0.5) is 17.6 Å². The highest BCUT2D eigenvalue weighted by Gasteiger charge is 2.47. The Hall–Kier alpha value is -4.29. The Kier molecular flexibility index (Phi) is 8.26. The Morgan fingerprint density at radius 3 is 2.44 bits per heavy atom. The number of nitrogens with one attached hydrogen (secondary N) is 1. The van der Waals surface area contributed by atoms with Crippen molar-refractivity contribution in [3.63, 3.8) is 0 Å². The number of benzene rings is 1. The quantitative estimate of drug-likeness (QED) is 0.315. The minimum atomic E-state index is -2.83. The van der Waals surface area contributed by atoms with E-state index in [1.54, 1.807) is 37.3 Å². The van der Waals surface area contributed by atoms with Crippen LogP contribution in [0.25, 0.3) is 0 Å². The molecule has 2 aliphatic rings. The molecule has 43 heavy (non-hydrogen) atoms. The molecule has 1 aliphatic carbocycles. The molecule has 9 nitrogen and oxygen atoms in total. The number of amides is 2. The minimum Gasteiger partial charge on any atom is -0.342 e. The van der Waals surface area contributed by atoms with Crippen molar-refractivity contribution < 1.29 is 27.2 Å². The van der Waals surface area contributed by atoms with Crippen LogP contribution in [0.3, 0.4) is 0 Å². The van der Waals surface area contributed by atoms with Gasteiger partial charge >= 0.3 is 5.69 Å². The van der Waals surface area contributed by atoms with E-state index in [4.69, 9.17) is 0 Å². The Bertz CT molecular complexity index is 1650. The second kappa shape index (κ2) is 11.8. The maximum absolute atomic E-state index is 15.0. The molecule has 3 atom stereocenters. The molecule has 1 saturated heterocycles. The van der Waals surface area contributed by atoms with Crippen LogP contribution in [0.1, 0.15) is 60.5 Å². The number of aromatic nitrogens is 3. The summed E-state index contributed by atoms with van der Waals surface area (Å²) in [5.41, 5.74) is -0.231. The molecule has 1 aliphatic heterocycles. The van der Waals surface area contributed by atoms with Crippen molar-refractivity contribution in [2.45, 2.75) is 76.3 Å². The fourth-order valence-corrected chi connectivity index (χ4v) is 5.75. The third kappa shape index (κ3) is 6.11. The van der Waals surface area contributed by atoms with E-state index in [-0.39, 0.29) is 36.3 Å². The van der Waals surface area contributed by atoms with Crippen LogP contribution in [0.5, 0.6) is 0 Å². The SMILES string of the molecule is CCn1c(=O)c(C)cn(CC(=O)N2C[C@H](F)C[C@H]2C(=O)N[C@H](c2ccccc2)c2ccc(C3CC(F)(F)C3)c(F)n2)c1=O. The molecule has 0 spiro atoms. The van der Waals surface area contributed by atoms with Gasteiger partial charge in [-0.05, 0) is 31.4 Å². The van der Waals surface area contributed by atoms with E-state index >= 15 is 4.39 Å². The first-order valence-corrected chi connectivity index (χ1v) is 14.0. The summed E-state index contributed by atoms with van der Waals surface area (Å²) in [7, 11) is 0. The van der Waals surface area contributed by atoms with Gasteiger partial charge in [-0.15, -0.1) is 0 Å². The molecule has 3 heterocycles. The number of carbonyl (C=O) groups is 2. The van der Waals surface area contributed by atoms with Crippen molar-refractivity contribution in [1.82, 2.24) is 24.3 Å². The predicted octanol–water partition coefficient (Wildman–Crippen LogP) is 3.23. The number of alkyl halides is 3. The zero-order valence-corrected chi connectivity index (χ0v) is 23.6. The Morgan fingerprint density at radius 2 is 1.81 bits per heavy atom. The van der Waals surface area contributed by atoms with Gasteiger partial charge in [0.1, 0.15) is 18.8 Å². The second-order valence-corrected chi connectivity index (χ2v) is 11.1. The van der Waals surface area contributed by atoms with Gasteiger partial charge in [-0.2, -0.15) is 4.39 Å². The number of halogens is 4. The Balaban J connectivity index is 1.39. The zero-order chi connectivity index (χ0) is 31.1. The fraction of sp³-hybridized carbons (Fsp3) is 0.433. The van der Waals surface area contributed by atoms with Gasteiger partial charge in [0.25, 0.3) is 5.56 Å². The van der Waals surface area contributed by atoms with E-state index < -0.39 is 78.5 Å². The number of nitrogens with zero attached hydrogens (tertiary/aromatic N) is 4. The van der Waals surface area contributed by atoms with E-state index in [0.717, 1.165) is 14.0 Å². The van der Waals surface area contributed by atoms with Crippen molar-refractivity contribution in [3.05, 3.63) is 97.8 Å². The van der Waals surface area contributed by atoms with Crippen LogP contribution >= 0.6 is 0 Å². The van der Waals surface area contributed by atoms with Crippen LogP contribution in [0.2, 0.25) is 0 Å². The third-order valence-electron chi connectivity index (χ3n) is 8.05. The molecule has 2 aromatic heterocycles. The van der Waals surface area contributed by atoms with Crippen LogP contribution in [-0.4, -0.2) is 55.5 Å². The number of likely N-dealkylation sites (tertiary alicyclic amines) is 1. The van der Waals surface area contributed by atoms with Crippen molar-refractivity contribution in [2.75, 3.05) is 6.54 Å². The molecule has 5 rings (SSSR count). The Morgan fingerprint density at radius 1 is 1.12 bits per heavy atom. The highest BCUT2D eigenvalue weighted by molar-refractivity contribution is 5.88.